The van der Waals surface area contributed by atoms with Crippen molar-refractivity contribution < 1.29 is 30.4 Å². The highest BCUT2D eigenvalue weighted by atomic mass is 32.2. The molecule has 0 bridgehead atoms. The van der Waals surface area contributed by atoms with E-state index >= 15 is 0 Å². The Labute approximate surface area is 181 Å². The molecule has 0 aliphatic carbocycles. The Morgan fingerprint density at radius 3 is 2.42 bits per heavy atom. The smallest absolute Gasteiger partial charge is 0.264 e. The van der Waals surface area contributed by atoms with E-state index in [4.69, 9.17) is 8.97 Å². The first-order valence-corrected chi connectivity index (χ1v) is 13.3. The monoisotopic (exact) mass is 469 g/mol. The number of sulfone groups is 1. The summed E-state index contributed by atoms with van der Waals surface area (Å²) in [7, 11) is -6.90. The summed E-state index contributed by atoms with van der Waals surface area (Å²) in [5, 5.41) is 8.19. The van der Waals surface area contributed by atoms with Gasteiger partial charge in [0.25, 0.3) is 10.1 Å². The Morgan fingerprint density at radius 2 is 1.81 bits per heavy atom. The van der Waals surface area contributed by atoms with Crippen molar-refractivity contribution in [3.05, 3.63) is 48.8 Å². The number of aryl methyl sites for hydroxylation is 1. The molecule has 3 rings (SSSR count). The highest BCUT2D eigenvalue weighted by molar-refractivity contribution is 7.90. The van der Waals surface area contributed by atoms with Gasteiger partial charge in [0.05, 0.1) is 17.1 Å². The normalized spacial score (nSPS) is 14.6. The number of rotatable bonds is 10. The lowest BCUT2D eigenvalue weighted by Crippen LogP contribution is -2.33. The molecular weight excluding hydrogens is 444 g/mol. The van der Waals surface area contributed by atoms with E-state index in [1.807, 2.05) is 52.3 Å². The second kappa shape index (κ2) is 9.71. The van der Waals surface area contributed by atoms with E-state index in [1.54, 1.807) is 0 Å². The molecule has 2 aromatic heterocycles. The average Bonchev–Trinajstić information content (AvgIpc) is 3.17. The van der Waals surface area contributed by atoms with E-state index in [2.05, 4.69) is 10.2 Å². The number of allylic oxidation sites excluding steroid dienone is 2. The minimum atomic E-state index is -3.94. The van der Waals surface area contributed by atoms with E-state index in [-0.39, 0.29) is 11.5 Å². The van der Waals surface area contributed by atoms with Crippen molar-refractivity contribution in [2.24, 2.45) is 0 Å². The van der Waals surface area contributed by atoms with Crippen LogP contribution in [0.25, 0.3) is 17.0 Å². The fourth-order valence-corrected chi connectivity index (χ4v) is 4.17. The average molecular weight is 470 g/mol. The van der Waals surface area contributed by atoms with Crippen LogP contribution in [0.15, 0.2) is 47.3 Å². The largest absolute Gasteiger partial charge is 0.416 e. The van der Waals surface area contributed by atoms with E-state index in [0.29, 0.717) is 44.3 Å². The van der Waals surface area contributed by atoms with Crippen LogP contribution >= 0.6 is 0 Å². The van der Waals surface area contributed by atoms with Gasteiger partial charge in [0.2, 0.25) is 11.8 Å². The third kappa shape index (κ3) is 7.56. The summed E-state index contributed by atoms with van der Waals surface area (Å²) >= 11 is 0. The van der Waals surface area contributed by atoms with Crippen molar-refractivity contribution in [2.75, 3.05) is 30.9 Å². The van der Waals surface area contributed by atoms with Gasteiger partial charge in [-0.3, -0.25) is 4.55 Å². The van der Waals surface area contributed by atoms with Crippen LogP contribution in [0.5, 0.6) is 0 Å². The van der Waals surface area contributed by atoms with Gasteiger partial charge in [-0.1, -0.05) is 6.08 Å². The quantitative estimate of drug-likeness (QED) is 0.398. The van der Waals surface area contributed by atoms with Gasteiger partial charge in [0.1, 0.15) is 16.4 Å². The lowest BCUT2D eigenvalue weighted by Gasteiger charge is -2.21. The van der Waals surface area contributed by atoms with E-state index in [9.17, 15) is 16.8 Å². The van der Waals surface area contributed by atoms with E-state index in [1.165, 1.54) is 6.26 Å². The van der Waals surface area contributed by atoms with Crippen LogP contribution in [0.2, 0.25) is 0 Å². The fourth-order valence-electron chi connectivity index (χ4n) is 3.02. The number of pyridine rings is 1. The zero-order chi connectivity index (χ0) is 22.5. The molecule has 168 valence electrons. The molecule has 0 amide bonds. The van der Waals surface area contributed by atoms with Crippen LogP contribution in [0.3, 0.4) is 0 Å². The molecule has 12 heteroatoms. The maximum Gasteiger partial charge on any atom is 0.264 e. The van der Waals surface area contributed by atoms with Gasteiger partial charge in [-0.25, -0.2) is 13.0 Å². The lowest BCUT2D eigenvalue weighted by molar-refractivity contribution is -0.696. The van der Waals surface area contributed by atoms with Crippen molar-refractivity contribution in [3.8, 4) is 11.5 Å². The molecule has 0 saturated heterocycles. The number of aromatic nitrogens is 3. The topological polar surface area (TPSA) is 135 Å². The first-order chi connectivity index (χ1) is 14.6. The molecule has 31 heavy (non-hydrogen) atoms. The molecule has 0 unspecified atom stereocenters. The van der Waals surface area contributed by atoms with Gasteiger partial charge < -0.3 is 9.32 Å². The van der Waals surface area contributed by atoms with Gasteiger partial charge in [-0.2, -0.15) is 8.42 Å². The van der Waals surface area contributed by atoms with Gasteiger partial charge in [0, 0.05) is 49.7 Å². The second-order valence-electron chi connectivity index (χ2n) is 7.33. The molecule has 0 fully saturated rings. The highest BCUT2D eigenvalue weighted by Gasteiger charge is 2.15. The minimum Gasteiger partial charge on any atom is -0.416 e. The molecule has 1 aliphatic heterocycles. The van der Waals surface area contributed by atoms with Crippen molar-refractivity contribution in [3.63, 3.8) is 0 Å². The lowest BCUT2D eigenvalue weighted by atomic mass is 10.2. The van der Waals surface area contributed by atoms with Crippen LogP contribution in [-0.2, 0) is 26.5 Å². The standard InChI is InChI=1S/C19H24N4O6S2/c1-30(24,25)14-2-8-22-10-4-16(5-11-22)18-20-21-19(29-18)17-6-12-23(13-7-17)9-3-15-31(26,27)28/h4-7,10-12H,2-3,8-9,13-15H2,1H3/p+1. The summed E-state index contributed by atoms with van der Waals surface area (Å²) in [5.41, 5.74) is 1.53. The van der Waals surface area contributed by atoms with Crippen molar-refractivity contribution >= 4 is 25.5 Å². The first kappa shape index (κ1) is 23.1. The third-order valence-corrected chi connectivity index (χ3v) is 6.43. The maximum atomic E-state index is 11.2. The van der Waals surface area contributed by atoms with Gasteiger partial charge in [-0.15, -0.1) is 10.2 Å². The molecular formula is C19H25N4O6S2+. The molecule has 1 N–H and O–H groups in total. The van der Waals surface area contributed by atoms with Gasteiger partial charge >= 0.3 is 0 Å². The Bertz CT molecular complexity index is 1170. The van der Waals surface area contributed by atoms with Crippen molar-refractivity contribution in [1.29, 1.82) is 0 Å². The minimum absolute atomic E-state index is 0.148. The van der Waals surface area contributed by atoms with Gasteiger partial charge in [-0.05, 0) is 12.5 Å². The SMILES string of the molecule is CS(=O)(=O)CCC[n+]1ccc(-c2nnc(C3=CCN(CCCS(=O)(=O)O)C=C3)o2)cc1. The summed E-state index contributed by atoms with van der Waals surface area (Å²) in [6.45, 7) is 1.66. The molecule has 0 radical (unpaired) electrons. The first-order valence-electron chi connectivity index (χ1n) is 9.68. The second-order valence-corrected chi connectivity index (χ2v) is 11.2. The fraction of sp³-hybridized carbons (Fsp3) is 0.421. The van der Waals surface area contributed by atoms with Crippen molar-refractivity contribution in [1.82, 2.24) is 15.1 Å². The number of hydrogen-bond acceptors (Lipinski definition) is 8. The van der Waals surface area contributed by atoms with Crippen LogP contribution in [-0.4, -0.2) is 67.3 Å². The summed E-state index contributed by atoms with van der Waals surface area (Å²) in [5.74, 6) is 0.641. The van der Waals surface area contributed by atoms with Crippen LogP contribution in [0, 0.1) is 0 Å². The Balaban J connectivity index is 1.55. The van der Waals surface area contributed by atoms with Crippen LogP contribution in [0.4, 0.5) is 0 Å². The van der Waals surface area contributed by atoms with E-state index < -0.39 is 20.0 Å². The molecule has 3 heterocycles. The highest BCUT2D eigenvalue weighted by Crippen LogP contribution is 2.23. The van der Waals surface area contributed by atoms with E-state index in [0.717, 1.165) is 11.1 Å². The molecule has 0 atom stereocenters. The summed E-state index contributed by atoms with van der Waals surface area (Å²) in [4.78, 5) is 1.92. The predicted molar refractivity (Wildman–Crippen MR) is 114 cm³/mol. The summed E-state index contributed by atoms with van der Waals surface area (Å²) in [6.07, 6.45) is 11.3. The zero-order valence-corrected chi connectivity index (χ0v) is 18.7. The Hall–Kier alpha value is -2.57. The predicted octanol–water partition coefficient (Wildman–Crippen LogP) is 0.949. The summed E-state index contributed by atoms with van der Waals surface area (Å²) in [6, 6.07) is 3.67. The number of nitrogens with zero attached hydrogens (tertiary/aromatic N) is 4. The third-order valence-electron chi connectivity index (χ3n) is 4.60. The summed E-state index contributed by atoms with van der Waals surface area (Å²) < 4.78 is 60.5. The van der Waals surface area contributed by atoms with Gasteiger partial charge in [0.15, 0.2) is 12.4 Å². The van der Waals surface area contributed by atoms with Crippen LogP contribution < -0.4 is 4.57 Å². The Kier molecular flexibility index (Phi) is 7.23. The molecule has 0 aromatic carbocycles. The number of hydrogen-bond donors (Lipinski definition) is 1. The maximum absolute atomic E-state index is 11.2. The molecule has 1 aliphatic rings. The van der Waals surface area contributed by atoms with Crippen LogP contribution in [0.1, 0.15) is 18.7 Å². The molecule has 0 spiro atoms. The molecule has 0 saturated carbocycles. The molecule has 10 nitrogen and oxygen atoms in total. The molecule has 2 aromatic rings. The van der Waals surface area contributed by atoms with Crippen molar-refractivity contribution in [2.45, 2.75) is 19.4 Å². The Morgan fingerprint density at radius 1 is 1.10 bits per heavy atom. The zero-order valence-electron chi connectivity index (χ0n) is 17.1.